The molecule has 0 unspecified atom stereocenters. The molecule has 1 N–H and O–H groups in total. The molecule has 0 atom stereocenters. The van der Waals surface area contributed by atoms with E-state index in [9.17, 15) is 0 Å². The van der Waals surface area contributed by atoms with Gasteiger partial charge in [0, 0.05) is 12.1 Å². The average Bonchev–Trinajstić information content (AvgIpc) is 3.11. The van der Waals surface area contributed by atoms with Crippen LogP contribution in [0, 0.1) is 0 Å². The van der Waals surface area contributed by atoms with Crippen molar-refractivity contribution in [3.05, 3.63) is 48.0 Å². The highest BCUT2D eigenvalue weighted by Crippen LogP contribution is 2.36. The van der Waals surface area contributed by atoms with Crippen LogP contribution in [0.15, 0.2) is 42.5 Å². The largest absolute Gasteiger partial charge is 0.454 e. The van der Waals surface area contributed by atoms with Gasteiger partial charge < -0.3 is 14.8 Å². The number of benzene rings is 2. The second-order valence-corrected chi connectivity index (χ2v) is 5.52. The third-order valence-corrected chi connectivity index (χ3v) is 4.20. The Kier molecular flexibility index (Phi) is 2.70. The molecule has 3 aromatic rings. The van der Waals surface area contributed by atoms with Gasteiger partial charge in [0.05, 0.1) is 10.2 Å². The minimum atomic E-state index is 0.299. The van der Waals surface area contributed by atoms with Crippen LogP contribution in [0.2, 0.25) is 0 Å². The van der Waals surface area contributed by atoms with Crippen LogP contribution in [0.4, 0.5) is 5.13 Å². The molecule has 1 aliphatic rings. The molecule has 4 rings (SSSR count). The third-order valence-electron chi connectivity index (χ3n) is 3.20. The average molecular weight is 284 g/mol. The summed E-state index contributed by atoms with van der Waals surface area (Å²) in [7, 11) is 0. The van der Waals surface area contributed by atoms with Crippen molar-refractivity contribution in [3.8, 4) is 11.5 Å². The Hall–Kier alpha value is -2.27. The van der Waals surface area contributed by atoms with E-state index in [1.54, 1.807) is 11.3 Å². The number of nitrogens with one attached hydrogen (secondary N) is 1. The number of ether oxygens (including phenoxy) is 2. The lowest BCUT2D eigenvalue weighted by molar-refractivity contribution is 0.173. The van der Waals surface area contributed by atoms with Crippen LogP contribution >= 0.6 is 11.3 Å². The summed E-state index contributed by atoms with van der Waals surface area (Å²) in [5.41, 5.74) is 2.11. The van der Waals surface area contributed by atoms with Crippen molar-refractivity contribution in [1.82, 2.24) is 4.98 Å². The fourth-order valence-corrected chi connectivity index (χ4v) is 3.11. The molecular formula is C15H12N2O2S. The van der Waals surface area contributed by atoms with Gasteiger partial charge in [0.25, 0.3) is 0 Å². The maximum atomic E-state index is 5.50. The Morgan fingerprint density at radius 1 is 1.10 bits per heavy atom. The van der Waals surface area contributed by atoms with Crippen molar-refractivity contribution in [2.24, 2.45) is 0 Å². The van der Waals surface area contributed by atoms with Gasteiger partial charge in [0.1, 0.15) is 0 Å². The summed E-state index contributed by atoms with van der Waals surface area (Å²) < 4.78 is 12.1. The predicted octanol–water partition coefficient (Wildman–Crippen LogP) is 3.64. The first-order chi connectivity index (χ1) is 9.90. The second kappa shape index (κ2) is 4.68. The first-order valence-corrected chi connectivity index (χ1v) is 7.19. The molecule has 1 aliphatic heterocycles. The van der Waals surface area contributed by atoms with Gasteiger partial charge in [-0.3, -0.25) is 0 Å². The number of hydrogen-bond acceptors (Lipinski definition) is 5. The van der Waals surface area contributed by atoms with Crippen molar-refractivity contribution >= 4 is 26.7 Å². The molecule has 0 amide bonds. The zero-order valence-electron chi connectivity index (χ0n) is 10.6. The summed E-state index contributed by atoms with van der Waals surface area (Å²) in [6.45, 7) is 0.972. The van der Waals surface area contributed by atoms with Crippen LogP contribution in [0.1, 0.15) is 5.56 Å². The number of anilines is 1. The van der Waals surface area contributed by atoms with E-state index >= 15 is 0 Å². The number of aromatic nitrogens is 1. The summed E-state index contributed by atoms with van der Waals surface area (Å²) in [6, 6.07) is 14.1. The molecule has 0 radical (unpaired) electrons. The minimum Gasteiger partial charge on any atom is -0.454 e. The highest BCUT2D eigenvalue weighted by Gasteiger charge is 2.17. The molecule has 2 aromatic carbocycles. The number of nitrogens with zero attached hydrogens (tertiary/aromatic N) is 1. The molecule has 4 nitrogen and oxygen atoms in total. The summed E-state index contributed by atoms with van der Waals surface area (Å²) in [4.78, 5) is 4.56. The predicted molar refractivity (Wildman–Crippen MR) is 79.5 cm³/mol. The first kappa shape index (κ1) is 11.5. The number of fused-ring (bicyclic) bond motifs is 2. The monoisotopic (exact) mass is 284 g/mol. The van der Waals surface area contributed by atoms with Crippen LogP contribution in [0.5, 0.6) is 11.5 Å². The van der Waals surface area contributed by atoms with E-state index in [0.717, 1.165) is 27.7 Å². The van der Waals surface area contributed by atoms with Crippen molar-refractivity contribution in [1.29, 1.82) is 0 Å². The van der Waals surface area contributed by atoms with E-state index in [4.69, 9.17) is 9.47 Å². The van der Waals surface area contributed by atoms with Gasteiger partial charge in [-0.1, -0.05) is 35.6 Å². The lowest BCUT2D eigenvalue weighted by Crippen LogP contribution is -2.00. The quantitative estimate of drug-likeness (QED) is 0.797. The summed E-state index contributed by atoms with van der Waals surface area (Å²) in [6.07, 6.45) is 0. The zero-order chi connectivity index (χ0) is 13.4. The molecule has 100 valence electrons. The number of para-hydroxylation sites is 2. The van der Waals surface area contributed by atoms with Crippen LogP contribution < -0.4 is 14.8 Å². The molecule has 0 aliphatic carbocycles. The molecule has 5 heteroatoms. The van der Waals surface area contributed by atoms with Gasteiger partial charge in [-0.2, -0.15) is 0 Å². The smallest absolute Gasteiger partial charge is 0.231 e. The zero-order valence-corrected chi connectivity index (χ0v) is 11.4. The summed E-state index contributed by atoms with van der Waals surface area (Å²) in [5, 5.41) is 4.27. The van der Waals surface area contributed by atoms with Crippen molar-refractivity contribution in [2.45, 2.75) is 6.54 Å². The SMILES string of the molecule is c1cc(CNc2nc3ccccc3s2)c2c(c1)OCO2. The summed E-state index contributed by atoms with van der Waals surface area (Å²) in [5.74, 6) is 1.65. The normalized spacial score (nSPS) is 12.8. The standard InChI is InChI=1S/C15H12N2O2S/c1-2-7-13-11(5-1)17-15(20-13)16-8-10-4-3-6-12-14(10)19-9-18-12/h1-7H,8-9H2,(H,16,17). The van der Waals surface area contributed by atoms with Crippen LogP contribution in [-0.4, -0.2) is 11.8 Å². The van der Waals surface area contributed by atoms with Gasteiger partial charge in [0.15, 0.2) is 16.6 Å². The lowest BCUT2D eigenvalue weighted by atomic mass is 10.2. The molecule has 0 fully saturated rings. The maximum Gasteiger partial charge on any atom is 0.231 e. The molecule has 2 heterocycles. The van der Waals surface area contributed by atoms with Crippen LogP contribution in [0.3, 0.4) is 0 Å². The van der Waals surface area contributed by atoms with Gasteiger partial charge in [-0.15, -0.1) is 0 Å². The fourth-order valence-electron chi connectivity index (χ4n) is 2.25. The van der Waals surface area contributed by atoms with Gasteiger partial charge in [-0.05, 0) is 18.2 Å². The van der Waals surface area contributed by atoms with Crippen LogP contribution in [-0.2, 0) is 6.54 Å². The molecule has 0 saturated heterocycles. The highest BCUT2D eigenvalue weighted by molar-refractivity contribution is 7.22. The van der Waals surface area contributed by atoms with E-state index in [2.05, 4.69) is 16.4 Å². The Morgan fingerprint density at radius 2 is 2.05 bits per heavy atom. The van der Waals surface area contributed by atoms with E-state index in [0.29, 0.717) is 13.3 Å². The van der Waals surface area contributed by atoms with E-state index in [1.807, 2.05) is 36.4 Å². The Labute approximate surface area is 120 Å². The van der Waals surface area contributed by atoms with Crippen LogP contribution in [0.25, 0.3) is 10.2 Å². The maximum absolute atomic E-state index is 5.50. The lowest BCUT2D eigenvalue weighted by Gasteiger charge is -2.06. The Balaban J connectivity index is 1.57. The molecule has 0 saturated carbocycles. The van der Waals surface area contributed by atoms with Crippen molar-refractivity contribution in [2.75, 3.05) is 12.1 Å². The van der Waals surface area contributed by atoms with Gasteiger partial charge in [0.2, 0.25) is 6.79 Å². The number of hydrogen-bond donors (Lipinski definition) is 1. The molecule has 1 aromatic heterocycles. The number of thiazole rings is 1. The highest BCUT2D eigenvalue weighted by atomic mass is 32.1. The van der Waals surface area contributed by atoms with Crippen molar-refractivity contribution < 1.29 is 9.47 Å². The van der Waals surface area contributed by atoms with Gasteiger partial charge >= 0.3 is 0 Å². The Bertz CT molecular complexity index is 736. The van der Waals surface area contributed by atoms with Gasteiger partial charge in [-0.25, -0.2) is 4.98 Å². The number of rotatable bonds is 3. The van der Waals surface area contributed by atoms with Crippen molar-refractivity contribution in [3.63, 3.8) is 0 Å². The Morgan fingerprint density at radius 3 is 3.00 bits per heavy atom. The second-order valence-electron chi connectivity index (χ2n) is 4.49. The molecule has 0 spiro atoms. The van der Waals surface area contributed by atoms with E-state index in [1.165, 1.54) is 4.70 Å². The molecular weight excluding hydrogens is 272 g/mol. The van der Waals surface area contributed by atoms with E-state index < -0.39 is 0 Å². The first-order valence-electron chi connectivity index (χ1n) is 6.37. The summed E-state index contributed by atoms with van der Waals surface area (Å²) >= 11 is 1.66. The fraction of sp³-hybridized carbons (Fsp3) is 0.133. The van der Waals surface area contributed by atoms with E-state index in [-0.39, 0.29) is 0 Å². The third kappa shape index (κ3) is 1.96. The molecule has 20 heavy (non-hydrogen) atoms. The molecule has 0 bridgehead atoms. The topological polar surface area (TPSA) is 43.4 Å². The minimum absolute atomic E-state index is 0.299.